The largest absolute Gasteiger partial charge is 0.343 e. The van der Waals surface area contributed by atoms with E-state index < -0.39 is 0 Å². The van der Waals surface area contributed by atoms with E-state index in [-0.39, 0.29) is 5.41 Å². The van der Waals surface area contributed by atoms with Gasteiger partial charge in [-0.25, -0.2) is 0 Å². The molecule has 2 nitrogen and oxygen atoms in total. The zero-order valence-electron chi connectivity index (χ0n) is 13.9. The Morgan fingerprint density at radius 1 is 0.917 bits per heavy atom. The van der Waals surface area contributed by atoms with Gasteiger partial charge in [0.05, 0.1) is 11.5 Å². The van der Waals surface area contributed by atoms with Crippen molar-refractivity contribution in [2.45, 2.75) is 44.1 Å². The van der Waals surface area contributed by atoms with Crippen LogP contribution in [0, 0.1) is 11.3 Å². The number of para-hydroxylation sites is 1. The first kappa shape index (κ1) is 15.0. The number of rotatable bonds is 3. The van der Waals surface area contributed by atoms with E-state index >= 15 is 0 Å². The average molecular weight is 314 g/mol. The number of hydrogen-bond acceptors (Lipinski definition) is 1. The molecule has 1 aromatic heterocycles. The molecular weight excluding hydrogens is 292 g/mol. The Kier molecular flexibility index (Phi) is 3.86. The van der Waals surface area contributed by atoms with Gasteiger partial charge >= 0.3 is 0 Å². The van der Waals surface area contributed by atoms with Crippen LogP contribution in [0.1, 0.15) is 43.2 Å². The van der Waals surface area contributed by atoms with Crippen molar-refractivity contribution in [3.63, 3.8) is 0 Å². The molecule has 1 fully saturated rings. The van der Waals surface area contributed by atoms with Gasteiger partial charge in [0.25, 0.3) is 0 Å². The Labute approximate surface area is 143 Å². The summed E-state index contributed by atoms with van der Waals surface area (Å²) in [6, 6.07) is 21.8. The highest BCUT2D eigenvalue weighted by Gasteiger charge is 2.36. The van der Waals surface area contributed by atoms with Gasteiger partial charge in [-0.2, -0.15) is 5.26 Å². The van der Waals surface area contributed by atoms with Crippen LogP contribution in [0.5, 0.6) is 0 Å². The molecular formula is C22H22N2. The molecule has 0 N–H and O–H groups in total. The molecule has 1 saturated carbocycles. The van der Waals surface area contributed by atoms with E-state index in [0.717, 1.165) is 32.2 Å². The minimum absolute atomic E-state index is 0.306. The van der Waals surface area contributed by atoms with Gasteiger partial charge in [-0.1, -0.05) is 67.8 Å². The lowest BCUT2D eigenvalue weighted by Crippen LogP contribution is -2.26. The molecule has 0 unspecified atom stereocenters. The minimum atomic E-state index is -0.306. The molecule has 2 heteroatoms. The van der Waals surface area contributed by atoms with Gasteiger partial charge in [0.2, 0.25) is 0 Å². The molecule has 120 valence electrons. The van der Waals surface area contributed by atoms with Crippen LogP contribution < -0.4 is 0 Å². The minimum Gasteiger partial charge on any atom is -0.343 e. The van der Waals surface area contributed by atoms with Crippen molar-refractivity contribution in [3.05, 3.63) is 71.9 Å². The topological polar surface area (TPSA) is 28.7 Å². The molecule has 0 saturated heterocycles. The summed E-state index contributed by atoms with van der Waals surface area (Å²) >= 11 is 0. The molecule has 0 spiro atoms. The van der Waals surface area contributed by atoms with Crippen LogP contribution in [-0.2, 0) is 12.0 Å². The van der Waals surface area contributed by atoms with Crippen molar-refractivity contribution < 1.29 is 0 Å². The molecule has 0 amide bonds. The Bertz CT molecular complexity index is 877. The highest BCUT2D eigenvalue weighted by atomic mass is 15.0. The molecule has 1 aliphatic rings. The summed E-state index contributed by atoms with van der Waals surface area (Å²) in [4.78, 5) is 0. The van der Waals surface area contributed by atoms with Crippen LogP contribution >= 0.6 is 0 Å². The van der Waals surface area contributed by atoms with E-state index in [1.807, 2.05) is 0 Å². The summed E-state index contributed by atoms with van der Waals surface area (Å²) in [5.41, 5.74) is 3.45. The lowest BCUT2D eigenvalue weighted by atomic mass is 9.70. The maximum atomic E-state index is 9.99. The van der Waals surface area contributed by atoms with Crippen molar-refractivity contribution in [2.75, 3.05) is 0 Å². The zero-order valence-corrected chi connectivity index (χ0v) is 13.9. The van der Waals surface area contributed by atoms with Gasteiger partial charge in [0, 0.05) is 23.6 Å². The summed E-state index contributed by atoms with van der Waals surface area (Å²) < 4.78 is 2.31. The molecule has 1 aliphatic carbocycles. The number of benzene rings is 2. The first-order chi connectivity index (χ1) is 11.8. The summed E-state index contributed by atoms with van der Waals surface area (Å²) in [5, 5.41) is 11.2. The van der Waals surface area contributed by atoms with Gasteiger partial charge in [-0.15, -0.1) is 0 Å². The Hall–Kier alpha value is -2.53. The Morgan fingerprint density at radius 2 is 1.62 bits per heavy atom. The normalized spacial score (nSPS) is 16.8. The van der Waals surface area contributed by atoms with Crippen molar-refractivity contribution in [1.82, 2.24) is 4.57 Å². The van der Waals surface area contributed by atoms with Gasteiger partial charge in [0.15, 0.2) is 0 Å². The number of nitriles is 1. The Morgan fingerprint density at radius 3 is 2.38 bits per heavy atom. The summed E-state index contributed by atoms with van der Waals surface area (Å²) in [6.45, 7) is 0.850. The van der Waals surface area contributed by atoms with E-state index in [9.17, 15) is 5.26 Å². The summed E-state index contributed by atoms with van der Waals surface area (Å²) in [5.74, 6) is 0. The van der Waals surface area contributed by atoms with Crippen molar-refractivity contribution in [3.8, 4) is 6.07 Å². The van der Waals surface area contributed by atoms with Crippen molar-refractivity contribution in [2.24, 2.45) is 0 Å². The van der Waals surface area contributed by atoms with Crippen LogP contribution in [0.3, 0.4) is 0 Å². The van der Waals surface area contributed by atoms with E-state index in [1.165, 1.54) is 28.5 Å². The third kappa shape index (κ3) is 2.51. The monoisotopic (exact) mass is 314 g/mol. The molecule has 0 aliphatic heterocycles. The second-order valence-electron chi connectivity index (χ2n) is 6.93. The Balaban J connectivity index is 1.84. The smallest absolute Gasteiger partial charge is 0.0843 e. The number of fused-ring (bicyclic) bond motifs is 1. The molecule has 0 radical (unpaired) electrons. The lowest BCUT2D eigenvalue weighted by molar-refractivity contribution is 0.367. The highest BCUT2D eigenvalue weighted by molar-refractivity contribution is 5.85. The lowest BCUT2D eigenvalue weighted by Gasteiger charge is -2.30. The van der Waals surface area contributed by atoms with Crippen molar-refractivity contribution >= 4 is 10.9 Å². The van der Waals surface area contributed by atoms with Gasteiger partial charge in [0.1, 0.15) is 0 Å². The quantitative estimate of drug-likeness (QED) is 0.635. The van der Waals surface area contributed by atoms with Crippen LogP contribution in [-0.4, -0.2) is 4.57 Å². The SMILES string of the molecule is N#CC1(c2cn(Cc3ccccc3)c3ccccc23)CCCCC1. The maximum Gasteiger partial charge on any atom is 0.0843 e. The third-order valence-corrected chi connectivity index (χ3v) is 5.42. The second kappa shape index (κ2) is 6.17. The summed E-state index contributed by atoms with van der Waals surface area (Å²) in [6.07, 6.45) is 7.79. The molecule has 3 aromatic rings. The van der Waals surface area contributed by atoms with Crippen LogP contribution in [0.4, 0.5) is 0 Å². The zero-order chi connectivity index (χ0) is 16.4. The molecule has 0 atom stereocenters. The number of nitrogens with zero attached hydrogens (tertiary/aromatic N) is 2. The average Bonchev–Trinajstić information content (AvgIpc) is 3.02. The molecule has 24 heavy (non-hydrogen) atoms. The molecule has 1 heterocycles. The fraction of sp³-hybridized carbons (Fsp3) is 0.318. The second-order valence-corrected chi connectivity index (χ2v) is 6.93. The van der Waals surface area contributed by atoms with E-state index in [0.29, 0.717) is 0 Å². The fourth-order valence-corrected chi connectivity index (χ4v) is 4.14. The highest BCUT2D eigenvalue weighted by Crippen LogP contribution is 2.42. The van der Waals surface area contributed by atoms with Crippen LogP contribution in [0.2, 0.25) is 0 Å². The van der Waals surface area contributed by atoms with Gasteiger partial charge in [-0.05, 0) is 30.0 Å². The first-order valence-electron chi connectivity index (χ1n) is 8.86. The maximum absolute atomic E-state index is 9.99. The van der Waals surface area contributed by atoms with Crippen LogP contribution in [0.15, 0.2) is 60.8 Å². The number of hydrogen-bond donors (Lipinski definition) is 0. The fourth-order valence-electron chi connectivity index (χ4n) is 4.14. The molecule has 4 rings (SSSR count). The third-order valence-electron chi connectivity index (χ3n) is 5.42. The van der Waals surface area contributed by atoms with Crippen LogP contribution in [0.25, 0.3) is 10.9 Å². The standard InChI is InChI=1S/C22H22N2/c23-17-22(13-7-2-8-14-22)20-16-24(15-18-9-3-1-4-10-18)21-12-6-5-11-19(20)21/h1,3-6,9-12,16H,2,7-8,13-15H2. The first-order valence-corrected chi connectivity index (χ1v) is 8.86. The van der Waals surface area contributed by atoms with Crippen molar-refractivity contribution in [1.29, 1.82) is 5.26 Å². The number of aromatic nitrogens is 1. The van der Waals surface area contributed by atoms with E-state index in [1.54, 1.807) is 0 Å². The van der Waals surface area contributed by atoms with E-state index in [4.69, 9.17) is 0 Å². The van der Waals surface area contributed by atoms with Gasteiger partial charge in [-0.3, -0.25) is 0 Å². The van der Waals surface area contributed by atoms with E-state index in [2.05, 4.69) is 71.4 Å². The molecule has 0 bridgehead atoms. The summed E-state index contributed by atoms with van der Waals surface area (Å²) in [7, 11) is 0. The predicted octanol–water partition coefficient (Wildman–Crippen LogP) is 5.42. The molecule has 2 aromatic carbocycles. The predicted molar refractivity (Wildman–Crippen MR) is 97.9 cm³/mol. The van der Waals surface area contributed by atoms with Gasteiger partial charge < -0.3 is 4.57 Å².